The Balaban J connectivity index is 1.12. The lowest BCUT2D eigenvalue weighted by Gasteiger charge is -2.56. The van der Waals surface area contributed by atoms with Crippen LogP contribution < -0.4 is 11.2 Å². The number of amides is 1. The summed E-state index contributed by atoms with van der Waals surface area (Å²) < 4.78 is 1.60. The molecule has 7 heteroatoms. The molecule has 160 valence electrons. The van der Waals surface area contributed by atoms with Crippen molar-refractivity contribution in [2.24, 2.45) is 23.7 Å². The third-order valence-corrected chi connectivity index (χ3v) is 8.95. The van der Waals surface area contributed by atoms with Gasteiger partial charge in [0, 0.05) is 12.0 Å². The number of carbonyl (C=O) groups excluding carboxylic acids is 1. The maximum atomic E-state index is 12.7. The summed E-state index contributed by atoms with van der Waals surface area (Å²) in [5.74, 6) is 10.9. The number of nitrogens with one attached hydrogen (secondary N) is 1. The summed E-state index contributed by atoms with van der Waals surface area (Å²) in [4.78, 5) is 12.7. The van der Waals surface area contributed by atoms with Crippen molar-refractivity contribution >= 4 is 17.7 Å². The fourth-order valence-electron chi connectivity index (χ4n) is 7.11. The number of aryl methyl sites for hydroxylation is 1. The van der Waals surface area contributed by atoms with E-state index < -0.39 is 0 Å². The minimum atomic E-state index is 0.0773. The van der Waals surface area contributed by atoms with Crippen molar-refractivity contribution in [3.63, 3.8) is 0 Å². The van der Waals surface area contributed by atoms with Crippen molar-refractivity contribution in [1.82, 2.24) is 20.2 Å². The molecule has 0 atom stereocenters. The van der Waals surface area contributed by atoms with E-state index in [9.17, 15) is 4.79 Å². The smallest absolute Gasteiger partial charge is 0.230 e. The van der Waals surface area contributed by atoms with Crippen LogP contribution in [0.3, 0.4) is 0 Å². The molecule has 6 nitrogen and oxygen atoms in total. The van der Waals surface area contributed by atoms with Crippen LogP contribution >= 0.6 is 11.8 Å². The van der Waals surface area contributed by atoms with Crippen molar-refractivity contribution in [1.29, 1.82) is 0 Å². The van der Waals surface area contributed by atoms with Crippen LogP contribution in [0.2, 0.25) is 0 Å². The van der Waals surface area contributed by atoms with Gasteiger partial charge in [0.25, 0.3) is 0 Å². The van der Waals surface area contributed by atoms with Gasteiger partial charge in [-0.25, -0.2) is 4.68 Å². The van der Waals surface area contributed by atoms with E-state index in [0.717, 1.165) is 42.3 Å². The molecule has 0 saturated heterocycles. The van der Waals surface area contributed by atoms with E-state index in [0.29, 0.717) is 10.9 Å². The first kappa shape index (κ1) is 19.7. The molecule has 5 saturated carbocycles. The largest absolute Gasteiger partial charge is 0.350 e. The second-order valence-corrected chi connectivity index (χ2v) is 11.3. The minimum Gasteiger partial charge on any atom is -0.350 e. The second-order valence-electron chi connectivity index (χ2n) is 10.3. The Kier molecular flexibility index (Phi) is 5.52. The molecule has 4 bridgehead atoms. The van der Waals surface area contributed by atoms with Crippen molar-refractivity contribution in [3.05, 3.63) is 5.82 Å². The Labute approximate surface area is 178 Å². The Hall–Kier alpha value is -1.24. The fourth-order valence-corrected chi connectivity index (χ4v) is 7.79. The van der Waals surface area contributed by atoms with Gasteiger partial charge in [0.15, 0.2) is 5.82 Å². The third kappa shape index (κ3) is 4.30. The Morgan fingerprint density at radius 1 is 1.07 bits per heavy atom. The molecule has 29 heavy (non-hydrogen) atoms. The number of nitrogen functional groups attached to an aromatic ring is 1. The highest BCUT2D eigenvalue weighted by atomic mass is 32.2. The summed E-state index contributed by atoms with van der Waals surface area (Å²) in [6.45, 7) is 0. The van der Waals surface area contributed by atoms with Gasteiger partial charge in [0.2, 0.25) is 11.1 Å². The zero-order valence-corrected chi connectivity index (χ0v) is 18.3. The lowest BCUT2D eigenvalue weighted by Crippen LogP contribution is -2.60. The molecule has 5 fully saturated rings. The van der Waals surface area contributed by atoms with Gasteiger partial charge in [-0.15, -0.1) is 10.2 Å². The van der Waals surface area contributed by atoms with Gasteiger partial charge in [-0.3, -0.25) is 4.79 Å². The SMILES string of the molecule is Nn1c(CCC2CCCCC2)nnc1SCC(=O)NC12CC3CC(CC(C3)C1)C2. The van der Waals surface area contributed by atoms with Crippen LogP contribution in [0, 0.1) is 23.7 Å². The zero-order valence-electron chi connectivity index (χ0n) is 17.4. The number of hydrogen-bond donors (Lipinski definition) is 2. The summed E-state index contributed by atoms with van der Waals surface area (Å²) in [5, 5.41) is 12.6. The molecule has 1 aromatic rings. The van der Waals surface area contributed by atoms with E-state index in [-0.39, 0.29) is 11.4 Å². The van der Waals surface area contributed by atoms with E-state index >= 15 is 0 Å². The van der Waals surface area contributed by atoms with Gasteiger partial charge >= 0.3 is 0 Å². The highest BCUT2D eigenvalue weighted by Gasteiger charge is 2.51. The average Bonchev–Trinajstić information content (AvgIpc) is 3.04. The Bertz CT molecular complexity index is 706. The molecule has 5 aliphatic carbocycles. The second kappa shape index (κ2) is 8.12. The van der Waals surface area contributed by atoms with E-state index in [2.05, 4.69) is 15.5 Å². The molecule has 0 unspecified atom stereocenters. The number of carbonyl (C=O) groups is 1. The van der Waals surface area contributed by atoms with E-state index in [4.69, 9.17) is 5.84 Å². The van der Waals surface area contributed by atoms with E-state index in [1.54, 1.807) is 4.68 Å². The number of nitrogens with zero attached hydrogens (tertiary/aromatic N) is 3. The van der Waals surface area contributed by atoms with Crippen molar-refractivity contribution < 1.29 is 4.79 Å². The molecule has 0 spiro atoms. The normalized spacial score (nSPS) is 33.9. The van der Waals surface area contributed by atoms with Gasteiger partial charge in [-0.1, -0.05) is 43.9 Å². The van der Waals surface area contributed by atoms with Crippen LogP contribution in [-0.4, -0.2) is 32.1 Å². The van der Waals surface area contributed by atoms with E-state index in [1.807, 2.05) is 0 Å². The van der Waals surface area contributed by atoms with Crippen LogP contribution in [0.1, 0.15) is 82.9 Å². The standard InChI is InChI=1S/C22H35N5OS/c23-27-19(7-6-15-4-2-1-3-5-15)25-26-21(27)29-14-20(28)24-22-11-16-8-17(12-22)10-18(9-16)13-22/h15-18H,1-14,23H2,(H,24,28). The molecular weight excluding hydrogens is 382 g/mol. The predicted octanol–water partition coefficient (Wildman–Crippen LogP) is 3.68. The number of thioether (sulfide) groups is 1. The molecule has 6 rings (SSSR count). The number of rotatable bonds is 7. The van der Waals surface area contributed by atoms with Crippen LogP contribution in [-0.2, 0) is 11.2 Å². The van der Waals surface area contributed by atoms with Crippen LogP contribution in [0.4, 0.5) is 0 Å². The van der Waals surface area contributed by atoms with Crippen LogP contribution in [0.25, 0.3) is 0 Å². The van der Waals surface area contributed by atoms with Gasteiger partial charge in [-0.2, -0.15) is 0 Å². The molecule has 1 heterocycles. The number of hydrogen-bond acceptors (Lipinski definition) is 5. The molecular formula is C22H35N5OS. The quantitative estimate of drug-likeness (QED) is 0.522. The molecule has 1 aromatic heterocycles. The van der Waals surface area contributed by atoms with Gasteiger partial charge < -0.3 is 11.2 Å². The minimum absolute atomic E-state index is 0.0773. The maximum absolute atomic E-state index is 12.7. The Morgan fingerprint density at radius 2 is 1.72 bits per heavy atom. The van der Waals surface area contributed by atoms with Crippen LogP contribution in [0.5, 0.6) is 0 Å². The molecule has 0 aromatic carbocycles. The first-order chi connectivity index (χ1) is 14.1. The molecule has 5 aliphatic rings. The molecule has 0 aliphatic heterocycles. The monoisotopic (exact) mass is 417 g/mol. The van der Waals surface area contributed by atoms with Gasteiger partial charge in [0.05, 0.1) is 5.75 Å². The van der Waals surface area contributed by atoms with Gasteiger partial charge in [-0.05, 0) is 68.6 Å². The summed E-state index contributed by atoms with van der Waals surface area (Å²) in [6.07, 6.45) is 16.6. The first-order valence-corrected chi connectivity index (χ1v) is 12.7. The summed E-state index contributed by atoms with van der Waals surface area (Å²) in [6, 6.07) is 0. The highest BCUT2D eigenvalue weighted by Crippen LogP contribution is 2.55. The van der Waals surface area contributed by atoms with Crippen molar-refractivity contribution in [3.8, 4) is 0 Å². The van der Waals surface area contributed by atoms with Gasteiger partial charge in [0.1, 0.15) is 0 Å². The van der Waals surface area contributed by atoms with Crippen molar-refractivity contribution in [2.75, 3.05) is 11.6 Å². The first-order valence-electron chi connectivity index (χ1n) is 11.7. The number of aromatic nitrogens is 3. The highest BCUT2D eigenvalue weighted by molar-refractivity contribution is 7.99. The molecule has 3 N–H and O–H groups in total. The van der Waals surface area contributed by atoms with Crippen molar-refractivity contribution in [2.45, 2.75) is 94.2 Å². The Morgan fingerprint density at radius 3 is 2.38 bits per heavy atom. The molecule has 0 radical (unpaired) electrons. The zero-order chi connectivity index (χ0) is 19.8. The lowest BCUT2D eigenvalue weighted by atomic mass is 9.53. The topological polar surface area (TPSA) is 85.8 Å². The number of nitrogens with two attached hydrogens (primary N) is 1. The predicted molar refractivity (Wildman–Crippen MR) is 115 cm³/mol. The third-order valence-electron chi connectivity index (χ3n) is 8.01. The van der Waals surface area contributed by atoms with E-state index in [1.165, 1.54) is 82.4 Å². The fraction of sp³-hybridized carbons (Fsp3) is 0.864. The molecule has 1 amide bonds. The van der Waals surface area contributed by atoms with Crippen LogP contribution in [0.15, 0.2) is 5.16 Å². The average molecular weight is 418 g/mol. The maximum Gasteiger partial charge on any atom is 0.230 e. The summed E-state index contributed by atoms with van der Waals surface area (Å²) in [7, 11) is 0. The summed E-state index contributed by atoms with van der Waals surface area (Å²) in [5.41, 5.74) is 0.0773. The lowest BCUT2D eigenvalue weighted by molar-refractivity contribution is -0.124. The summed E-state index contributed by atoms with van der Waals surface area (Å²) >= 11 is 1.42.